The molecule has 3 amide bonds. The van der Waals surface area contributed by atoms with Crippen LogP contribution < -0.4 is 16.1 Å². The van der Waals surface area contributed by atoms with Gasteiger partial charge in [-0.05, 0) is 25.5 Å². The lowest BCUT2D eigenvalue weighted by molar-refractivity contribution is -0.139. The van der Waals surface area contributed by atoms with Crippen LogP contribution in [0.1, 0.15) is 18.9 Å². The van der Waals surface area contributed by atoms with Gasteiger partial charge >= 0.3 is 11.8 Å². The summed E-state index contributed by atoms with van der Waals surface area (Å²) >= 11 is 0. The third-order valence-electron chi connectivity index (χ3n) is 2.79. The number of aliphatic hydroxyl groups excluding tert-OH is 1. The van der Waals surface area contributed by atoms with E-state index >= 15 is 0 Å². The Morgan fingerprint density at radius 2 is 1.87 bits per heavy atom. The summed E-state index contributed by atoms with van der Waals surface area (Å²) in [4.78, 5) is 34.5. The van der Waals surface area contributed by atoms with Gasteiger partial charge in [0.1, 0.15) is 0 Å². The second-order valence-corrected chi connectivity index (χ2v) is 4.81. The number of para-hydroxylation sites is 1. The van der Waals surface area contributed by atoms with Gasteiger partial charge in [0.2, 0.25) is 5.91 Å². The molecule has 124 valence electrons. The van der Waals surface area contributed by atoms with Gasteiger partial charge in [-0.3, -0.25) is 14.4 Å². The quantitative estimate of drug-likeness (QED) is 0.333. The fourth-order valence-corrected chi connectivity index (χ4v) is 1.63. The molecule has 0 fully saturated rings. The SMILES string of the molecule is C/C(CC(=O)Nc1ccccc1C)=N\NC(=O)C(=O)NCCO. The Hall–Kier alpha value is -2.74. The minimum atomic E-state index is -0.961. The lowest BCUT2D eigenvalue weighted by Crippen LogP contribution is -2.39. The maximum Gasteiger partial charge on any atom is 0.329 e. The van der Waals surface area contributed by atoms with Crippen molar-refractivity contribution in [1.82, 2.24) is 10.7 Å². The van der Waals surface area contributed by atoms with Gasteiger partial charge in [-0.25, -0.2) is 5.43 Å². The van der Waals surface area contributed by atoms with Crippen molar-refractivity contribution in [3.63, 3.8) is 0 Å². The zero-order chi connectivity index (χ0) is 17.2. The van der Waals surface area contributed by atoms with Crippen molar-refractivity contribution in [2.24, 2.45) is 5.10 Å². The second-order valence-electron chi connectivity index (χ2n) is 4.81. The first-order chi connectivity index (χ1) is 10.9. The number of aliphatic hydroxyl groups is 1. The number of nitrogens with one attached hydrogen (secondary N) is 3. The molecule has 23 heavy (non-hydrogen) atoms. The summed E-state index contributed by atoms with van der Waals surface area (Å²) in [6.07, 6.45) is -0.0210. The van der Waals surface area contributed by atoms with E-state index in [-0.39, 0.29) is 25.5 Å². The van der Waals surface area contributed by atoms with E-state index in [1.54, 1.807) is 13.0 Å². The Labute approximate surface area is 134 Å². The highest BCUT2D eigenvalue weighted by atomic mass is 16.3. The molecule has 0 unspecified atom stereocenters. The molecule has 0 bridgehead atoms. The summed E-state index contributed by atoms with van der Waals surface area (Å²) in [6, 6.07) is 7.35. The summed E-state index contributed by atoms with van der Waals surface area (Å²) in [5, 5.41) is 17.2. The Morgan fingerprint density at radius 3 is 2.52 bits per heavy atom. The Bertz CT molecular complexity index is 613. The van der Waals surface area contributed by atoms with Crippen molar-refractivity contribution in [2.75, 3.05) is 18.5 Å². The van der Waals surface area contributed by atoms with Crippen LogP contribution >= 0.6 is 0 Å². The summed E-state index contributed by atoms with van der Waals surface area (Å²) in [6.45, 7) is 3.15. The van der Waals surface area contributed by atoms with Crippen molar-refractivity contribution < 1.29 is 19.5 Å². The molecule has 8 heteroatoms. The van der Waals surface area contributed by atoms with Crippen LogP contribution in [-0.2, 0) is 14.4 Å². The number of carbonyl (C=O) groups excluding carboxylic acids is 3. The lowest BCUT2D eigenvalue weighted by Gasteiger charge is -2.08. The normalized spacial score (nSPS) is 10.8. The standard InChI is InChI=1S/C15H20N4O4/c1-10-5-3-4-6-12(10)17-13(21)9-11(2)18-19-15(23)14(22)16-7-8-20/h3-6,20H,7-9H2,1-2H3,(H,16,22)(H,17,21)(H,19,23)/b18-11+. The Balaban J connectivity index is 2.47. The average Bonchev–Trinajstić information content (AvgIpc) is 2.52. The predicted octanol–water partition coefficient (Wildman–Crippen LogP) is -0.0758. The molecule has 0 radical (unpaired) electrons. The maximum absolute atomic E-state index is 11.9. The van der Waals surface area contributed by atoms with Gasteiger partial charge < -0.3 is 15.7 Å². The molecule has 0 saturated heterocycles. The molecule has 8 nitrogen and oxygen atoms in total. The zero-order valence-electron chi connectivity index (χ0n) is 13.0. The number of benzene rings is 1. The number of hydrazone groups is 1. The Kier molecular flexibility index (Phi) is 7.41. The highest BCUT2D eigenvalue weighted by Gasteiger charge is 2.12. The van der Waals surface area contributed by atoms with Gasteiger partial charge in [-0.15, -0.1) is 0 Å². The summed E-state index contributed by atoms with van der Waals surface area (Å²) in [5.41, 5.74) is 4.03. The van der Waals surface area contributed by atoms with E-state index in [0.29, 0.717) is 11.4 Å². The van der Waals surface area contributed by atoms with Gasteiger partial charge in [-0.1, -0.05) is 18.2 Å². The van der Waals surface area contributed by atoms with Crippen molar-refractivity contribution in [1.29, 1.82) is 0 Å². The molecule has 0 spiro atoms. The molecule has 4 N–H and O–H groups in total. The van der Waals surface area contributed by atoms with Crippen LogP contribution in [0.25, 0.3) is 0 Å². The van der Waals surface area contributed by atoms with E-state index in [0.717, 1.165) is 5.56 Å². The second kappa shape index (κ2) is 9.31. The molecule has 1 aromatic rings. The number of hydrogen-bond donors (Lipinski definition) is 4. The molecule has 0 atom stereocenters. The van der Waals surface area contributed by atoms with Crippen molar-refractivity contribution in [3.05, 3.63) is 29.8 Å². The molecule has 0 aliphatic carbocycles. The minimum absolute atomic E-state index is 0.0201. The Morgan fingerprint density at radius 1 is 1.17 bits per heavy atom. The molecule has 1 rings (SSSR count). The fourth-order valence-electron chi connectivity index (χ4n) is 1.63. The van der Waals surface area contributed by atoms with E-state index in [9.17, 15) is 14.4 Å². The van der Waals surface area contributed by atoms with E-state index < -0.39 is 11.8 Å². The maximum atomic E-state index is 11.9. The first-order valence-electron chi connectivity index (χ1n) is 7.01. The number of hydrogen-bond acceptors (Lipinski definition) is 5. The lowest BCUT2D eigenvalue weighted by atomic mass is 10.2. The van der Waals surface area contributed by atoms with E-state index in [1.807, 2.05) is 30.5 Å². The van der Waals surface area contributed by atoms with Crippen LogP contribution in [-0.4, -0.2) is 41.7 Å². The van der Waals surface area contributed by atoms with Crippen LogP contribution in [0.15, 0.2) is 29.4 Å². The van der Waals surface area contributed by atoms with Gasteiger partial charge in [-0.2, -0.15) is 5.10 Å². The third-order valence-corrected chi connectivity index (χ3v) is 2.79. The number of rotatable bonds is 6. The molecule has 0 aliphatic heterocycles. The zero-order valence-corrected chi connectivity index (χ0v) is 13.0. The highest BCUT2D eigenvalue weighted by Crippen LogP contribution is 2.13. The van der Waals surface area contributed by atoms with Crippen LogP contribution in [0.2, 0.25) is 0 Å². The van der Waals surface area contributed by atoms with Crippen molar-refractivity contribution >= 4 is 29.1 Å². The van der Waals surface area contributed by atoms with Crippen LogP contribution in [0.5, 0.6) is 0 Å². The summed E-state index contributed by atoms with van der Waals surface area (Å²) in [7, 11) is 0. The van der Waals surface area contributed by atoms with E-state index in [4.69, 9.17) is 5.11 Å². The summed E-state index contributed by atoms with van der Waals surface area (Å²) < 4.78 is 0. The van der Waals surface area contributed by atoms with E-state index in [1.165, 1.54) is 0 Å². The number of amides is 3. The largest absolute Gasteiger partial charge is 0.395 e. The first-order valence-corrected chi connectivity index (χ1v) is 7.01. The van der Waals surface area contributed by atoms with Crippen LogP contribution in [0.4, 0.5) is 5.69 Å². The fraction of sp³-hybridized carbons (Fsp3) is 0.333. The van der Waals surface area contributed by atoms with Gasteiger partial charge in [0.25, 0.3) is 0 Å². The summed E-state index contributed by atoms with van der Waals surface area (Å²) in [5.74, 6) is -2.14. The first kappa shape index (κ1) is 18.3. The minimum Gasteiger partial charge on any atom is -0.395 e. The monoisotopic (exact) mass is 320 g/mol. The third kappa shape index (κ3) is 6.70. The van der Waals surface area contributed by atoms with Crippen LogP contribution in [0, 0.1) is 6.92 Å². The highest BCUT2D eigenvalue weighted by molar-refractivity contribution is 6.35. The number of anilines is 1. The molecule has 0 saturated carbocycles. The number of carbonyl (C=O) groups is 3. The number of aryl methyl sites for hydroxylation is 1. The van der Waals surface area contributed by atoms with Gasteiger partial charge in [0, 0.05) is 17.9 Å². The molecule has 1 aromatic carbocycles. The smallest absolute Gasteiger partial charge is 0.329 e. The van der Waals surface area contributed by atoms with E-state index in [2.05, 4.69) is 15.7 Å². The van der Waals surface area contributed by atoms with Gasteiger partial charge in [0.15, 0.2) is 0 Å². The molecular weight excluding hydrogens is 300 g/mol. The average molecular weight is 320 g/mol. The molecule has 0 heterocycles. The van der Waals surface area contributed by atoms with Crippen molar-refractivity contribution in [3.8, 4) is 0 Å². The number of nitrogens with zero attached hydrogens (tertiary/aromatic N) is 1. The molecular formula is C15H20N4O4. The molecule has 0 aliphatic rings. The van der Waals surface area contributed by atoms with Crippen LogP contribution in [0.3, 0.4) is 0 Å². The van der Waals surface area contributed by atoms with Gasteiger partial charge in [0.05, 0.1) is 13.0 Å². The van der Waals surface area contributed by atoms with Crippen molar-refractivity contribution in [2.45, 2.75) is 20.3 Å². The topological polar surface area (TPSA) is 120 Å². The predicted molar refractivity (Wildman–Crippen MR) is 85.8 cm³/mol. The molecule has 0 aromatic heterocycles.